The molecule has 0 heterocycles. The average molecular weight is 143 g/mol. The van der Waals surface area contributed by atoms with Gasteiger partial charge in [0.15, 0.2) is 0 Å². The molecule has 0 aromatic rings. The first-order valence-electron chi connectivity index (χ1n) is 3.65. The molecular weight excluding hydrogens is 130 g/mol. The quantitative estimate of drug-likeness (QED) is 0.607. The van der Waals surface area contributed by atoms with E-state index in [0.29, 0.717) is 13.0 Å². The first-order chi connectivity index (χ1) is 4.71. The number of carboxylic acids is 1. The van der Waals surface area contributed by atoms with Gasteiger partial charge in [0.25, 0.3) is 0 Å². The predicted octanol–water partition coefficient (Wildman–Crippen LogP) is 0.590. The van der Waals surface area contributed by atoms with Crippen LogP contribution in [0.4, 0.5) is 0 Å². The van der Waals surface area contributed by atoms with Gasteiger partial charge >= 0.3 is 5.97 Å². The van der Waals surface area contributed by atoms with E-state index in [1.165, 1.54) is 0 Å². The molecule has 1 aliphatic rings. The van der Waals surface area contributed by atoms with Crippen LogP contribution >= 0.6 is 0 Å². The second kappa shape index (κ2) is 2.58. The smallest absolute Gasteiger partial charge is 0.309 e. The number of hydrogen-bond acceptors (Lipinski definition) is 2. The van der Waals surface area contributed by atoms with Gasteiger partial charge in [0.2, 0.25) is 0 Å². The highest BCUT2D eigenvalue weighted by Gasteiger charge is 2.43. The molecular formula is C7H13NO2. The maximum atomic E-state index is 10.6. The van der Waals surface area contributed by atoms with Crippen LogP contribution in [-0.2, 0) is 4.79 Å². The van der Waals surface area contributed by atoms with Crippen LogP contribution < -0.4 is 5.73 Å². The molecule has 1 rings (SSSR count). The number of hydrogen-bond donors (Lipinski definition) is 2. The Labute approximate surface area is 60.2 Å². The minimum absolute atomic E-state index is 0.436. The zero-order valence-electron chi connectivity index (χ0n) is 5.97. The summed E-state index contributed by atoms with van der Waals surface area (Å²) in [5.41, 5.74) is 4.86. The minimum Gasteiger partial charge on any atom is -0.481 e. The average Bonchev–Trinajstić information content (AvgIpc) is 1.77. The summed E-state index contributed by atoms with van der Waals surface area (Å²) in [7, 11) is 0. The van der Waals surface area contributed by atoms with Gasteiger partial charge in [-0.3, -0.25) is 4.79 Å². The number of carboxylic acid groups (broad SMARTS) is 1. The molecule has 0 unspecified atom stereocenters. The van der Waals surface area contributed by atoms with Crippen LogP contribution in [0.1, 0.15) is 25.7 Å². The number of nitrogens with two attached hydrogens (primary N) is 1. The highest BCUT2D eigenvalue weighted by Crippen LogP contribution is 2.43. The Morgan fingerprint density at radius 2 is 2.20 bits per heavy atom. The third-order valence-corrected chi connectivity index (χ3v) is 2.39. The van der Waals surface area contributed by atoms with Gasteiger partial charge in [-0.1, -0.05) is 6.42 Å². The lowest BCUT2D eigenvalue weighted by Crippen LogP contribution is -2.39. The molecule has 3 nitrogen and oxygen atoms in total. The summed E-state index contributed by atoms with van der Waals surface area (Å²) in [6.07, 6.45) is 3.33. The van der Waals surface area contributed by atoms with Crippen molar-refractivity contribution in [1.29, 1.82) is 0 Å². The highest BCUT2D eigenvalue weighted by atomic mass is 16.4. The van der Waals surface area contributed by atoms with Crippen LogP contribution in [0.25, 0.3) is 0 Å². The van der Waals surface area contributed by atoms with Crippen molar-refractivity contribution in [2.24, 2.45) is 11.1 Å². The molecule has 0 spiro atoms. The lowest BCUT2D eigenvalue weighted by molar-refractivity contribution is -0.154. The Hall–Kier alpha value is -0.570. The molecule has 3 heteroatoms. The SMILES string of the molecule is NCCC1(C(=O)O)CCC1. The molecule has 3 N–H and O–H groups in total. The fraction of sp³-hybridized carbons (Fsp3) is 0.857. The zero-order valence-corrected chi connectivity index (χ0v) is 5.97. The van der Waals surface area contributed by atoms with Crippen molar-refractivity contribution in [2.45, 2.75) is 25.7 Å². The third-order valence-electron chi connectivity index (χ3n) is 2.39. The van der Waals surface area contributed by atoms with E-state index in [1.807, 2.05) is 0 Å². The maximum absolute atomic E-state index is 10.6. The van der Waals surface area contributed by atoms with E-state index in [0.717, 1.165) is 19.3 Å². The second-order valence-electron chi connectivity index (χ2n) is 2.98. The normalized spacial score (nSPS) is 21.7. The molecule has 0 aromatic carbocycles. The Morgan fingerprint density at radius 3 is 2.30 bits per heavy atom. The molecule has 58 valence electrons. The van der Waals surface area contributed by atoms with Crippen LogP contribution in [0.5, 0.6) is 0 Å². The number of rotatable bonds is 3. The van der Waals surface area contributed by atoms with Crippen molar-refractivity contribution >= 4 is 5.97 Å². The molecule has 0 saturated heterocycles. The maximum Gasteiger partial charge on any atom is 0.309 e. The van der Waals surface area contributed by atoms with Gasteiger partial charge in [-0.15, -0.1) is 0 Å². The Kier molecular flexibility index (Phi) is 1.94. The molecule has 1 fully saturated rings. The largest absolute Gasteiger partial charge is 0.481 e. The summed E-state index contributed by atoms with van der Waals surface area (Å²) >= 11 is 0. The number of aliphatic carboxylic acids is 1. The second-order valence-corrected chi connectivity index (χ2v) is 2.98. The van der Waals surface area contributed by atoms with Crippen molar-refractivity contribution in [1.82, 2.24) is 0 Å². The number of carbonyl (C=O) groups is 1. The highest BCUT2D eigenvalue weighted by molar-refractivity contribution is 5.75. The standard InChI is InChI=1S/C7H13NO2/c8-5-4-7(6(9)10)2-1-3-7/h1-5,8H2,(H,9,10). The summed E-state index contributed by atoms with van der Waals surface area (Å²) in [5, 5.41) is 8.76. The fourth-order valence-electron chi connectivity index (χ4n) is 1.45. The van der Waals surface area contributed by atoms with E-state index in [2.05, 4.69) is 0 Å². The molecule has 0 radical (unpaired) electrons. The minimum atomic E-state index is -0.663. The van der Waals surface area contributed by atoms with E-state index in [-0.39, 0.29) is 0 Å². The molecule has 0 aliphatic heterocycles. The van der Waals surface area contributed by atoms with Crippen molar-refractivity contribution in [2.75, 3.05) is 6.54 Å². The van der Waals surface area contributed by atoms with Crippen molar-refractivity contribution < 1.29 is 9.90 Å². The first-order valence-corrected chi connectivity index (χ1v) is 3.65. The van der Waals surface area contributed by atoms with Gasteiger partial charge in [0, 0.05) is 0 Å². The Balaban J connectivity index is 2.50. The lowest BCUT2D eigenvalue weighted by atomic mass is 9.67. The van der Waals surface area contributed by atoms with E-state index in [9.17, 15) is 4.79 Å². The van der Waals surface area contributed by atoms with Crippen LogP contribution in [0.2, 0.25) is 0 Å². The summed E-state index contributed by atoms with van der Waals surface area (Å²) in [6.45, 7) is 0.492. The van der Waals surface area contributed by atoms with Gasteiger partial charge in [0.05, 0.1) is 5.41 Å². The molecule has 0 amide bonds. The monoisotopic (exact) mass is 143 g/mol. The topological polar surface area (TPSA) is 63.3 Å². The Bertz CT molecular complexity index is 141. The molecule has 10 heavy (non-hydrogen) atoms. The van der Waals surface area contributed by atoms with Crippen LogP contribution in [0.15, 0.2) is 0 Å². The summed E-state index contributed by atoms with van der Waals surface area (Å²) in [5.74, 6) is -0.663. The van der Waals surface area contributed by atoms with Gasteiger partial charge < -0.3 is 10.8 Å². The van der Waals surface area contributed by atoms with Crippen molar-refractivity contribution in [3.05, 3.63) is 0 Å². The van der Waals surface area contributed by atoms with Gasteiger partial charge in [-0.05, 0) is 25.8 Å². The van der Waals surface area contributed by atoms with Crippen molar-refractivity contribution in [3.63, 3.8) is 0 Å². The van der Waals surface area contributed by atoms with E-state index < -0.39 is 11.4 Å². The van der Waals surface area contributed by atoms with Gasteiger partial charge in [-0.2, -0.15) is 0 Å². The first kappa shape index (κ1) is 7.54. The lowest BCUT2D eigenvalue weighted by Gasteiger charge is -2.37. The summed E-state index contributed by atoms with van der Waals surface area (Å²) < 4.78 is 0. The van der Waals surface area contributed by atoms with Gasteiger partial charge in [-0.25, -0.2) is 0 Å². The van der Waals surface area contributed by atoms with E-state index in [4.69, 9.17) is 10.8 Å². The molecule has 1 aliphatic carbocycles. The van der Waals surface area contributed by atoms with E-state index in [1.54, 1.807) is 0 Å². The molecule has 0 aromatic heterocycles. The van der Waals surface area contributed by atoms with Crippen LogP contribution in [0, 0.1) is 5.41 Å². The molecule has 0 atom stereocenters. The third kappa shape index (κ3) is 1.01. The van der Waals surface area contributed by atoms with Gasteiger partial charge in [0.1, 0.15) is 0 Å². The zero-order chi connectivity index (χ0) is 7.61. The van der Waals surface area contributed by atoms with Crippen LogP contribution in [-0.4, -0.2) is 17.6 Å². The summed E-state index contributed by atoms with van der Waals surface area (Å²) in [4.78, 5) is 10.6. The van der Waals surface area contributed by atoms with Crippen LogP contribution in [0.3, 0.4) is 0 Å². The Morgan fingerprint density at radius 1 is 1.60 bits per heavy atom. The molecule has 1 saturated carbocycles. The predicted molar refractivity (Wildman–Crippen MR) is 37.6 cm³/mol. The molecule has 0 bridgehead atoms. The fourth-order valence-corrected chi connectivity index (χ4v) is 1.45. The van der Waals surface area contributed by atoms with Crippen molar-refractivity contribution in [3.8, 4) is 0 Å². The summed E-state index contributed by atoms with van der Waals surface area (Å²) in [6, 6.07) is 0. The van der Waals surface area contributed by atoms with E-state index >= 15 is 0 Å².